The quantitative estimate of drug-likeness (QED) is 0.868. The Kier molecular flexibility index (Phi) is 5.97. The molecule has 0 aliphatic heterocycles. The van der Waals surface area contributed by atoms with Gasteiger partial charge in [0.15, 0.2) is 6.61 Å². The van der Waals surface area contributed by atoms with Crippen LogP contribution in [0.4, 0.5) is 4.79 Å². The zero-order valence-electron chi connectivity index (χ0n) is 11.8. The fraction of sp³-hybridized carbons (Fsp3) is 0.133. The number of hydrogen-bond acceptors (Lipinski definition) is 5. The topological polar surface area (TPSA) is 91.2 Å². The highest BCUT2D eigenvalue weighted by molar-refractivity contribution is 7.09. The summed E-state index contributed by atoms with van der Waals surface area (Å²) in [6.07, 6.45) is 0. The number of amides is 3. The van der Waals surface area contributed by atoms with Crippen molar-refractivity contribution in [1.82, 2.24) is 10.6 Å². The Labute approximate surface area is 141 Å². The third-order valence-corrected chi connectivity index (χ3v) is 3.85. The van der Waals surface area contributed by atoms with Gasteiger partial charge in [-0.15, -0.1) is 11.3 Å². The molecule has 6 nitrogen and oxygen atoms in total. The highest BCUT2D eigenvalue weighted by Crippen LogP contribution is 2.24. The van der Waals surface area contributed by atoms with E-state index in [-0.39, 0.29) is 17.4 Å². The van der Waals surface area contributed by atoms with Crippen molar-refractivity contribution in [2.75, 3.05) is 6.61 Å². The molecule has 2 N–H and O–H groups in total. The highest BCUT2D eigenvalue weighted by atomic mass is 35.5. The molecule has 2 rings (SSSR count). The molecule has 0 saturated heterocycles. The van der Waals surface area contributed by atoms with Crippen LogP contribution in [-0.2, 0) is 11.3 Å². The summed E-state index contributed by atoms with van der Waals surface area (Å²) in [5, 5.41) is 15.6. The standard InChI is InChI=1S/C15H12ClN3O3S/c16-12-6-10(7-17)3-4-13(12)22-9-14(20)19-15(21)18-8-11-2-1-5-23-11/h1-6H,8-9H2,(H2,18,19,20,21). The van der Waals surface area contributed by atoms with E-state index in [0.717, 1.165) is 4.88 Å². The number of carbonyl (C=O) groups is 2. The van der Waals surface area contributed by atoms with Gasteiger partial charge in [-0.05, 0) is 29.6 Å². The molecule has 0 aliphatic rings. The summed E-state index contributed by atoms with van der Waals surface area (Å²) < 4.78 is 5.22. The van der Waals surface area contributed by atoms with Crippen LogP contribution in [0.3, 0.4) is 0 Å². The van der Waals surface area contributed by atoms with Gasteiger partial charge in [-0.1, -0.05) is 17.7 Å². The van der Waals surface area contributed by atoms with E-state index in [9.17, 15) is 9.59 Å². The second kappa shape index (κ2) is 8.17. The van der Waals surface area contributed by atoms with Crippen molar-refractivity contribution in [2.24, 2.45) is 0 Å². The van der Waals surface area contributed by atoms with E-state index in [0.29, 0.717) is 12.1 Å². The lowest BCUT2D eigenvalue weighted by atomic mass is 10.2. The van der Waals surface area contributed by atoms with Gasteiger partial charge in [-0.3, -0.25) is 10.1 Å². The lowest BCUT2D eigenvalue weighted by Crippen LogP contribution is -2.41. The first-order valence-electron chi connectivity index (χ1n) is 6.51. The summed E-state index contributed by atoms with van der Waals surface area (Å²) >= 11 is 7.42. The second-order valence-electron chi connectivity index (χ2n) is 4.36. The van der Waals surface area contributed by atoms with E-state index in [2.05, 4.69) is 10.6 Å². The smallest absolute Gasteiger partial charge is 0.321 e. The van der Waals surface area contributed by atoms with Gasteiger partial charge in [-0.2, -0.15) is 5.26 Å². The molecule has 2 aromatic rings. The molecule has 0 atom stereocenters. The molecule has 8 heteroatoms. The van der Waals surface area contributed by atoms with Gasteiger partial charge in [0.25, 0.3) is 5.91 Å². The van der Waals surface area contributed by atoms with Crippen LogP contribution in [0.2, 0.25) is 5.02 Å². The van der Waals surface area contributed by atoms with E-state index in [1.165, 1.54) is 29.5 Å². The molecule has 0 spiro atoms. The van der Waals surface area contributed by atoms with Gasteiger partial charge in [0, 0.05) is 4.88 Å². The lowest BCUT2D eigenvalue weighted by molar-refractivity contribution is -0.122. The summed E-state index contributed by atoms with van der Waals surface area (Å²) in [6.45, 7) is -0.0167. The largest absolute Gasteiger partial charge is 0.482 e. The first-order chi connectivity index (χ1) is 11.1. The molecule has 0 fully saturated rings. The first kappa shape index (κ1) is 16.8. The Balaban J connectivity index is 1.76. The zero-order chi connectivity index (χ0) is 16.7. The van der Waals surface area contributed by atoms with Crippen LogP contribution in [0.1, 0.15) is 10.4 Å². The molecular formula is C15H12ClN3O3S. The number of benzene rings is 1. The summed E-state index contributed by atoms with van der Waals surface area (Å²) in [7, 11) is 0. The van der Waals surface area contributed by atoms with Gasteiger partial charge >= 0.3 is 6.03 Å². The number of ether oxygens (including phenoxy) is 1. The van der Waals surface area contributed by atoms with Gasteiger partial charge < -0.3 is 10.1 Å². The average Bonchev–Trinajstić information content (AvgIpc) is 3.05. The van der Waals surface area contributed by atoms with Crippen LogP contribution >= 0.6 is 22.9 Å². The normalized spacial score (nSPS) is 9.74. The number of thiophene rings is 1. The van der Waals surface area contributed by atoms with Gasteiger partial charge in [0.2, 0.25) is 0 Å². The molecule has 3 amide bonds. The van der Waals surface area contributed by atoms with E-state index in [1.807, 2.05) is 23.6 Å². The van der Waals surface area contributed by atoms with E-state index >= 15 is 0 Å². The number of nitrogens with one attached hydrogen (secondary N) is 2. The van der Waals surface area contributed by atoms with Gasteiger partial charge in [0.1, 0.15) is 5.75 Å². The molecule has 118 valence electrons. The van der Waals surface area contributed by atoms with Crippen LogP contribution in [0.15, 0.2) is 35.7 Å². The number of nitrogens with zero attached hydrogens (tertiary/aromatic N) is 1. The fourth-order valence-electron chi connectivity index (χ4n) is 1.62. The van der Waals surface area contributed by atoms with Crippen molar-refractivity contribution in [3.8, 4) is 11.8 Å². The number of rotatable bonds is 5. The first-order valence-corrected chi connectivity index (χ1v) is 7.77. The third-order valence-electron chi connectivity index (χ3n) is 2.68. The molecule has 0 bridgehead atoms. The van der Waals surface area contributed by atoms with Crippen molar-refractivity contribution in [2.45, 2.75) is 6.54 Å². The van der Waals surface area contributed by atoms with Gasteiger partial charge in [-0.25, -0.2) is 4.79 Å². The number of imide groups is 1. The van der Waals surface area contributed by atoms with Crippen LogP contribution in [0, 0.1) is 11.3 Å². The Morgan fingerprint density at radius 1 is 1.35 bits per heavy atom. The van der Waals surface area contributed by atoms with E-state index < -0.39 is 11.9 Å². The Hall–Kier alpha value is -2.56. The predicted molar refractivity (Wildman–Crippen MR) is 86.4 cm³/mol. The number of carbonyl (C=O) groups excluding carboxylic acids is 2. The van der Waals surface area contributed by atoms with Crippen molar-refractivity contribution in [3.05, 3.63) is 51.2 Å². The Morgan fingerprint density at radius 2 is 2.17 bits per heavy atom. The molecule has 23 heavy (non-hydrogen) atoms. The average molecular weight is 350 g/mol. The Morgan fingerprint density at radius 3 is 2.83 bits per heavy atom. The molecule has 0 radical (unpaired) electrons. The summed E-state index contributed by atoms with van der Waals surface area (Å²) in [4.78, 5) is 24.2. The van der Waals surface area contributed by atoms with Gasteiger partial charge in [0.05, 0.1) is 23.2 Å². The fourth-order valence-corrected chi connectivity index (χ4v) is 2.50. The zero-order valence-corrected chi connectivity index (χ0v) is 13.4. The molecular weight excluding hydrogens is 338 g/mol. The van der Waals surface area contributed by atoms with E-state index in [1.54, 1.807) is 0 Å². The minimum atomic E-state index is -0.603. The number of hydrogen-bond donors (Lipinski definition) is 2. The summed E-state index contributed by atoms with van der Waals surface area (Å²) in [5.41, 5.74) is 0.389. The van der Waals surface area contributed by atoms with Crippen molar-refractivity contribution in [3.63, 3.8) is 0 Å². The summed E-state index contributed by atoms with van der Waals surface area (Å²) in [5.74, 6) is -0.339. The maximum Gasteiger partial charge on any atom is 0.321 e. The van der Waals surface area contributed by atoms with E-state index in [4.69, 9.17) is 21.6 Å². The maximum atomic E-state index is 11.6. The van der Waals surface area contributed by atoms with Crippen molar-refractivity contribution >= 4 is 34.9 Å². The number of urea groups is 1. The van der Waals surface area contributed by atoms with Crippen LogP contribution < -0.4 is 15.4 Å². The highest BCUT2D eigenvalue weighted by Gasteiger charge is 2.10. The van der Waals surface area contributed by atoms with Crippen LogP contribution in [0.25, 0.3) is 0 Å². The SMILES string of the molecule is N#Cc1ccc(OCC(=O)NC(=O)NCc2cccs2)c(Cl)c1. The predicted octanol–water partition coefficient (Wildman–Crippen LogP) is 2.68. The maximum absolute atomic E-state index is 11.6. The number of nitriles is 1. The lowest BCUT2D eigenvalue weighted by Gasteiger charge is -2.09. The molecule has 0 unspecified atom stereocenters. The molecule has 0 saturated carbocycles. The summed E-state index contributed by atoms with van der Waals surface area (Å²) in [6, 6.07) is 9.54. The number of halogens is 1. The van der Waals surface area contributed by atoms with Crippen LogP contribution in [0.5, 0.6) is 5.75 Å². The van der Waals surface area contributed by atoms with Crippen LogP contribution in [-0.4, -0.2) is 18.5 Å². The third kappa shape index (κ3) is 5.29. The Bertz CT molecular complexity index is 741. The molecule has 0 aliphatic carbocycles. The molecule has 1 aromatic carbocycles. The second-order valence-corrected chi connectivity index (χ2v) is 5.80. The molecule has 1 aromatic heterocycles. The monoisotopic (exact) mass is 349 g/mol. The van der Waals surface area contributed by atoms with Crippen molar-refractivity contribution < 1.29 is 14.3 Å². The minimum absolute atomic E-state index is 0.221. The minimum Gasteiger partial charge on any atom is -0.482 e. The molecule has 1 heterocycles. The van der Waals surface area contributed by atoms with Crippen molar-refractivity contribution in [1.29, 1.82) is 5.26 Å².